The molecular weight excluding hydrogens is 1290 g/mol. The third kappa shape index (κ3) is 15.5. The number of aliphatic hydroxyl groups excluding tert-OH is 1. The van der Waals surface area contributed by atoms with E-state index >= 15 is 0 Å². The predicted octanol–water partition coefficient (Wildman–Crippen LogP) is 9.68. The number of benzene rings is 1. The van der Waals surface area contributed by atoms with Crippen LogP contribution in [0.5, 0.6) is 0 Å². The number of amides is 5. The summed E-state index contributed by atoms with van der Waals surface area (Å²) in [7, 11) is 2.95. The number of carboxylic acid groups (broad SMARTS) is 2. The molecular formula is C61H64N12O12S6. The molecule has 24 nitrogen and oxygen atoms in total. The Hall–Kier alpha value is -7.97. The summed E-state index contributed by atoms with van der Waals surface area (Å²) in [5, 5.41) is 51.4. The van der Waals surface area contributed by atoms with E-state index < -0.39 is 78.1 Å². The Kier molecular flexibility index (Phi) is 21.4. The van der Waals surface area contributed by atoms with E-state index in [1.807, 2.05) is 13.8 Å². The minimum atomic E-state index is -1.30. The molecule has 10 bridgehead atoms. The number of anilines is 1. The van der Waals surface area contributed by atoms with E-state index in [0.717, 1.165) is 11.3 Å². The van der Waals surface area contributed by atoms with Gasteiger partial charge in [-0.05, 0) is 69.1 Å². The number of carboxylic acids is 2. The van der Waals surface area contributed by atoms with Gasteiger partial charge in [-0.1, -0.05) is 44.2 Å². The second kappa shape index (κ2) is 29.5. The lowest BCUT2D eigenvalue weighted by molar-refractivity contribution is -0.144. The van der Waals surface area contributed by atoms with E-state index in [1.165, 1.54) is 70.8 Å². The summed E-state index contributed by atoms with van der Waals surface area (Å²) in [6.45, 7) is 5.30. The van der Waals surface area contributed by atoms with Crippen molar-refractivity contribution in [1.82, 2.24) is 56.2 Å². The van der Waals surface area contributed by atoms with Gasteiger partial charge < -0.3 is 41.3 Å². The number of nitrogens with zero attached hydrogens (tertiary/aromatic N) is 8. The minimum Gasteiger partial charge on any atom is -0.481 e. The van der Waals surface area contributed by atoms with Gasteiger partial charge in [-0.2, -0.15) is 0 Å². The number of thiazole rings is 6. The molecule has 1 unspecified atom stereocenters. The molecule has 2 aliphatic rings. The fraction of sp³-hybridized carbons (Fsp3) is 0.393. The molecule has 0 saturated heterocycles. The van der Waals surface area contributed by atoms with Gasteiger partial charge in [0.1, 0.15) is 77.2 Å². The van der Waals surface area contributed by atoms with Crippen molar-refractivity contribution < 1.29 is 58.4 Å². The molecule has 8 aromatic rings. The zero-order valence-electron chi connectivity index (χ0n) is 49.9. The Morgan fingerprint density at radius 1 is 0.714 bits per heavy atom. The van der Waals surface area contributed by atoms with Gasteiger partial charge >= 0.3 is 11.9 Å². The average Bonchev–Trinajstić information content (AvgIpc) is 1.87. The molecule has 4 atom stereocenters. The molecule has 91 heavy (non-hydrogen) atoms. The largest absolute Gasteiger partial charge is 0.481 e. The number of rotatable bonds is 16. The van der Waals surface area contributed by atoms with E-state index in [9.17, 15) is 53.7 Å². The topological polar surface area (TPSA) is 348 Å². The van der Waals surface area contributed by atoms with Crippen LogP contribution in [0.4, 0.5) is 5.82 Å². The normalized spacial score (nSPS) is 18.6. The quantitative estimate of drug-likeness (QED) is 0.0442. The SMILES string of the molecule is CNC(=O)C[C@@H]1NC(=O)c2csc(n2)-c2ccc(-c3nc(N(CCCCC(=O)O)C(=O)C4CCC(C(=O)O)CC4)cs3)nc2-c2csc(n2)-c2csc(n2)[C@H]([C@@H](O)c2ccccc2)NC(=O)CNC(=O)c2nc(sc2COC)C(C(C)C)CC(=O)c2nc1sc2C. The van der Waals surface area contributed by atoms with Crippen LogP contribution in [0.15, 0.2) is 64.0 Å². The summed E-state index contributed by atoms with van der Waals surface area (Å²) in [4.78, 5) is 145. The van der Waals surface area contributed by atoms with Crippen molar-refractivity contribution in [3.8, 4) is 43.4 Å². The molecule has 7 aromatic heterocycles. The number of hydrogen-bond donors (Lipinski definition) is 7. The van der Waals surface area contributed by atoms with Crippen LogP contribution in [0.2, 0.25) is 0 Å². The van der Waals surface area contributed by atoms with Crippen molar-refractivity contribution in [2.24, 2.45) is 17.8 Å². The fourth-order valence-corrected chi connectivity index (χ4v) is 16.3. The second-order valence-electron chi connectivity index (χ2n) is 22.2. The molecule has 8 heterocycles. The summed E-state index contributed by atoms with van der Waals surface area (Å²) in [6, 6.07) is 10.2. The van der Waals surface area contributed by atoms with Crippen LogP contribution in [0.1, 0.15) is 158 Å². The fourth-order valence-electron chi connectivity index (χ4n) is 10.6. The summed E-state index contributed by atoms with van der Waals surface area (Å²) in [5.41, 5.74) is 2.66. The predicted molar refractivity (Wildman–Crippen MR) is 345 cm³/mol. The highest BCUT2D eigenvalue weighted by Gasteiger charge is 2.36. The average molecular weight is 1350 g/mol. The number of ether oxygens (including phenoxy) is 1. The van der Waals surface area contributed by atoms with E-state index in [0.29, 0.717) is 118 Å². The summed E-state index contributed by atoms with van der Waals surface area (Å²) >= 11 is 7.21. The highest BCUT2D eigenvalue weighted by Crippen LogP contribution is 2.42. The third-order valence-electron chi connectivity index (χ3n) is 15.6. The lowest BCUT2D eigenvalue weighted by Crippen LogP contribution is -2.40. The van der Waals surface area contributed by atoms with Crippen molar-refractivity contribution in [3.05, 3.63) is 111 Å². The van der Waals surface area contributed by atoms with Gasteiger partial charge in [0.25, 0.3) is 11.8 Å². The van der Waals surface area contributed by atoms with Crippen LogP contribution >= 0.6 is 68.0 Å². The lowest BCUT2D eigenvalue weighted by atomic mass is 9.81. The van der Waals surface area contributed by atoms with Crippen LogP contribution in [-0.4, -0.2) is 125 Å². The number of aliphatic carboxylic acids is 2. The number of fused-ring (bicyclic) bond motifs is 14. The summed E-state index contributed by atoms with van der Waals surface area (Å²) in [5.74, 6) is -6.02. The van der Waals surface area contributed by atoms with Crippen LogP contribution in [0, 0.1) is 24.7 Å². The molecule has 1 aliphatic heterocycles. The maximum absolute atomic E-state index is 14.4. The van der Waals surface area contributed by atoms with Crippen molar-refractivity contribution >= 4 is 121 Å². The Labute approximate surface area is 546 Å². The molecule has 1 aromatic carbocycles. The third-order valence-corrected chi connectivity index (χ3v) is 21.3. The molecule has 1 saturated carbocycles. The van der Waals surface area contributed by atoms with Crippen LogP contribution in [0.3, 0.4) is 0 Å². The van der Waals surface area contributed by atoms with Crippen LogP contribution in [-0.2, 0) is 35.3 Å². The number of carbonyl (C=O) groups excluding carboxylic acids is 6. The first-order valence-electron chi connectivity index (χ1n) is 29.2. The molecule has 10 rings (SSSR count). The summed E-state index contributed by atoms with van der Waals surface area (Å²) in [6.07, 6.45) is 0.509. The number of Topliss-reactive ketones (excluding diaryl/α,β-unsaturated/α-hetero) is 1. The standard InChI is InChI=1S/C61H64N12O12S6/c1-29(2)35-21-41(74)47-30(3)90-58(71-47)37(22-44(75)62-4)65-52(80)39-26-86-54(67-39)34-18-19-36(56-69-43(28-89-56)73(20-10-9-13-46(77)78)60(82)32-14-16-33(17-15-32)61(83)84)64-48(34)38-25-87-57(66-38)40-27-88-59(68-40)50(51(79)31-11-7-6-8-12-31)70-45(76)23-63-53(81)49-42(24-85-5)91-55(35)72-49/h6-8,11-12,18-19,25-29,32-33,35,37,50-51,79H,9-10,13-17,20-24H2,1-5H3,(H,62,75)(H,63,81)(H,65,80)(H,70,76)(H,77,78)(H,83,84)/t32?,33?,35?,37-,50-,51-/m0/s1. The smallest absolute Gasteiger partial charge is 0.306 e. The number of unbranched alkanes of at least 4 members (excludes halogenated alkanes) is 1. The summed E-state index contributed by atoms with van der Waals surface area (Å²) < 4.78 is 5.48. The molecule has 0 spiro atoms. The Bertz CT molecular complexity index is 4000. The zero-order chi connectivity index (χ0) is 64.6. The number of aryl methyl sites for hydroxylation is 1. The van der Waals surface area contributed by atoms with E-state index in [2.05, 4.69) is 21.3 Å². The number of nitrogens with one attached hydrogen (secondary N) is 4. The Balaban J connectivity index is 1.04. The number of hydrogen-bond acceptors (Lipinski definition) is 23. The number of pyridine rings is 1. The van der Waals surface area contributed by atoms with E-state index in [-0.39, 0.29) is 67.1 Å². The maximum atomic E-state index is 14.4. The number of carbonyl (C=O) groups is 8. The lowest BCUT2D eigenvalue weighted by Gasteiger charge is -2.30. The number of methoxy groups -OCH3 is 1. The Morgan fingerprint density at radius 3 is 2.13 bits per heavy atom. The first kappa shape index (κ1) is 66.0. The maximum Gasteiger partial charge on any atom is 0.306 e. The highest BCUT2D eigenvalue weighted by molar-refractivity contribution is 7.15. The van der Waals surface area contributed by atoms with Gasteiger partial charge in [0.2, 0.25) is 17.7 Å². The monoisotopic (exact) mass is 1350 g/mol. The van der Waals surface area contributed by atoms with Crippen molar-refractivity contribution in [2.75, 3.05) is 32.1 Å². The van der Waals surface area contributed by atoms with Crippen molar-refractivity contribution in [3.63, 3.8) is 0 Å². The molecule has 30 heteroatoms. The molecule has 5 amide bonds. The van der Waals surface area contributed by atoms with Crippen LogP contribution in [0.25, 0.3) is 43.4 Å². The van der Waals surface area contributed by atoms with Gasteiger partial charge in [-0.3, -0.25) is 43.3 Å². The van der Waals surface area contributed by atoms with Gasteiger partial charge in [0, 0.05) is 77.3 Å². The second-order valence-corrected chi connectivity index (χ2v) is 28.0. The zero-order valence-corrected chi connectivity index (χ0v) is 54.8. The number of aromatic nitrogens is 7. The van der Waals surface area contributed by atoms with Gasteiger partial charge in [-0.25, -0.2) is 34.9 Å². The highest BCUT2D eigenvalue weighted by atomic mass is 32.1. The van der Waals surface area contributed by atoms with Crippen molar-refractivity contribution in [2.45, 2.75) is 109 Å². The van der Waals surface area contributed by atoms with Gasteiger partial charge in [0.05, 0.1) is 47.1 Å². The van der Waals surface area contributed by atoms with Crippen LogP contribution < -0.4 is 26.2 Å². The van der Waals surface area contributed by atoms with E-state index in [1.54, 1.807) is 75.8 Å². The van der Waals surface area contributed by atoms with Gasteiger partial charge in [0.15, 0.2) is 5.78 Å². The molecule has 0 radical (unpaired) electrons. The number of ketones is 1. The number of aliphatic hydroxyl groups is 1. The first-order valence-corrected chi connectivity index (χ1v) is 34.3. The Morgan fingerprint density at radius 2 is 1.41 bits per heavy atom. The molecule has 476 valence electrons. The molecule has 7 N–H and O–H groups in total. The van der Waals surface area contributed by atoms with Gasteiger partial charge in [-0.15, -0.1) is 68.0 Å². The van der Waals surface area contributed by atoms with E-state index in [4.69, 9.17) is 39.6 Å². The first-order chi connectivity index (χ1) is 43.8. The van der Waals surface area contributed by atoms with Crippen molar-refractivity contribution in [1.29, 1.82) is 0 Å². The minimum absolute atomic E-state index is 0.0111. The molecule has 1 fully saturated rings. The molecule has 1 aliphatic carbocycles.